The molecule has 0 saturated carbocycles. The lowest BCUT2D eigenvalue weighted by atomic mass is 9.94. The molecular weight excluding hydrogens is 208 g/mol. The monoisotopic (exact) mass is 234 g/mol. The van der Waals surface area contributed by atoms with Gasteiger partial charge in [-0.15, -0.1) is 0 Å². The number of ether oxygens (including phenoxy) is 1. The summed E-state index contributed by atoms with van der Waals surface area (Å²) in [4.78, 5) is 0. The van der Waals surface area contributed by atoms with Crippen molar-refractivity contribution in [3.63, 3.8) is 0 Å². The van der Waals surface area contributed by atoms with Gasteiger partial charge in [0.05, 0.1) is 6.10 Å². The highest BCUT2D eigenvalue weighted by molar-refractivity contribution is 5.44. The molecule has 0 aliphatic carbocycles. The second-order valence-corrected chi connectivity index (χ2v) is 5.19. The summed E-state index contributed by atoms with van der Waals surface area (Å²) >= 11 is 0. The van der Waals surface area contributed by atoms with Crippen LogP contribution in [0.4, 0.5) is 0 Å². The molecule has 96 valence electrons. The minimum Gasteiger partial charge on any atom is -0.491 e. The van der Waals surface area contributed by atoms with E-state index < -0.39 is 0 Å². The summed E-state index contributed by atoms with van der Waals surface area (Å²) in [5.74, 6) is 1.59. The Hall–Kier alpha value is -0.980. The van der Waals surface area contributed by atoms with Crippen LogP contribution in [-0.4, -0.2) is 6.10 Å². The molecule has 0 saturated heterocycles. The van der Waals surface area contributed by atoms with E-state index in [-0.39, 0.29) is 6.10 Å². The molecule has 0 aliphatic rings. The second kappa shape index (κ2) is 6.09. The van der Waals surface area contributed by atoms with Crippen molar-refractivity contribution < 1.29 is 4.74 Å². The van der Waals surface area contributed by atoms with E-state index in [9.17, 15) is 0 Å². The molecular formula is C16H26O. The molecule has 0 aliphatic heterocycles. The predicted octanol–water partition coefficient (Wildman–Crippen LogP) is 4.72. The van der Waals surface area contributed by atoms with Gasteiger partial charge in [0, 0.05) is 0 Å². The Morgan fingerprint density at radius 1 is 0.941 bits per heavy atom. The molecule has 0 fully saturated rings. The van der Waals surface area contributed by atoms with E-state index in [0.29, 0.717) is 5.92 Å². The third kappa shape index (κ3) is 3.49. The number of hydrogen-bond acceptors (Lipinski definition) is 1. The zero-order chi connectivity index (χ0) is 13.0. The lowest BCUT2D eigenvalue weighted by Gasteiger charge is -2.20. The first-order valence-electron chi connectivity index (χ1n) is 6.81. The fraction of sp³-hybridized carbons (Fsp3) is 0.625. The summed E-state index contributed by atoms with van der Waals surface area (Å²) in [6.07, 6.45) is 2.42. The van der Waals surface area contributed by atoms with Gasteiger partial charge in [-0.2, -0.15) is 0 Å². The highest BCUT2D eigenvalue weighted by Crippen LogP contribution is 2.31. The molecule has 1 aromatic rings. The molecule has 0 spiro atoms. The number of aryl methyl sites for hydroxylation is 2. The van der Waals surface area contributed by atoms with Crippen molar-refractivity contribution >= 4 is 0 Å². The minimum atomic E-state index is 0.240. The van der Waals surface area contributed by atoms with Gasteiger partial charge < -0.3 is 4.74 Å². The highest BCUT2D eigenvalue weighted by Gasteiger charge is 2.13. The maximum Gasteiger partial charge on any atom is 0.123 e. The van der Waals surface area contributed by atoms with E-state index in [4.69, 9.17) is 4.74 Å². The van der Waals surface area contributed by atoms with Gasteiger partial charge in [-0.1, -0.05) is 33.8 Å². The fourth-order valence-electron chi connectivity index (χ4n) is 2.15. The van der Waals surface area contributed by atoms with Gasteiger partial charge in [0.15, 0.2) is 0 Å². The van der Waals surface area contributed by atoms with E-state index in [2.05, 4.69) is 53.7 Å². The highest BCUT2D eigenvalue weighted by atomic mass is 16.5. The van der Waals surface area contributed by atoms with Crippen molar-refractivity contribution in [3.8, 4) is 5.75 Å². The first-order chi connectivity index (χ1) is 7.99. The summed E-state index contributed by atoms with van der Waals surface area (Å²) in [7, 11) is 0. The first kappa shape index (κ1) is 14.1. The van der Waals surface area contributed by atoms with Crippen molar-refractivity contribution in [3.05, 3.63) is 28.8 Å². The van der Waals surface area contributed by atoms with Crippen LogP contribution in [-0.2, 0) is 12.8 Å². The van der Waals surface area contributed by atoms with Crippen molar-refractivity contribution in [1.29, 1.82) is 0 Å². The SMILES string of the molecule is CCc1cc(OC(C)C)c(C(C)C)cc1CC. The van der Waals surface area contributed by atoms with Crippen LogP contribution in [0.1, 0.15) is 64.2 Å². The van der Waals surface area contributed by atoms with Crippen LogP contribution in [0.15, 0.2) is 12.1 Å². The van der Waals surface area contributed by atoms with Crippen LogP contribution in [0.25, 0.3) is 0 Å². The van der Waals surface area contributed by atoms with Gasteiger partial charge in [0.25, 0.3) is 0 Å². The maximum atomic E-state index is 5.95. The first-order valence-corrected chi connectivity index (χ1v) is 6.81. The van der Waals surface area contributed by atoms with E-state index in [0.717, 1.165) is 18.6 Å². The topological polar surface area (TPSA) is 9.23 Å². The van der Waals surface area contributed by atoms with Gasteiger partial charge in [0.1, 0.15) is 5.75 Å². The van der Waals surface area contributed by atoms with Crippen molar-refractivity contribution in [2.45, 2.75) is 66.4 Å². The second-order valence-electron chi connectivity index (χ2n) is 5.19. The Balaban J connectivity index is 3.24. The largest absolute Gasteiger partial charge is 0.491 e. The average Bonchev–Trinajstić information content (AvgIpc) is 2.27. The van der Waals surface area contributed by atoms with Crippen molar-refractivity contribution in [1.82, 2.24) is 0 Å². The zero-order valence-corrected chi connectivity index (χ0v) is 12.1. The molecule has 0 radical (unpaired) electrons. The summed E-state index contributed by atoms with van der Waals surface area (Å²) < 4.78 is 5.95. The van der Waals surface area contributed by atoms with Crippen LogP contribution in [0.2, 0.25) is 0 Å². The minimum absolute atomic E-state index is 0.240. The average molecular weight is 234 g/mol. The molecule has 0 N–H and O–H groups in total. The van der Waals surface area contributed by atoms with Gasteiger partial charge in [-0.3, -0.25) is 0 Å². The Morgan fingerprint density at radius 3 is 1.88 bits per heavy atom. The van der Waals surface area contributed by atoms with Gasteiger partial charge >= 0.3 is 0 Å². The lowest BCUT2D eigenvalue weighted by molar-refractivity contribution is 0.239. The number of hydrogen-bond donors (Lipinski definition) is 0. The predicted molar refractivity (Wildman–Crippen MR) is 75.1 cm³/mol. The van der Waals surface area contributed by atoms with Gasteiger partial charge in [-0.25, -0.2) is 0 Å². The van der Waals surface area contributed by atoms with Gasteiger partial charge in [0.2, 0.25) is 0 Å². The van der Waals surface area contributed by atoms with Crippen LogP contribution in [0.5, 0.6) is 5.75 Å². The summed E-state index contributed by atoms with van der Waals surface area (Å²) in [5.41, 5.74) is 4.23. The Morgan fingerprint density at radius 2 is 1.47 bits per heavy atom. The summed E-state index contributed by atoms with van der Waals surface area (Å²) in [5, 5.41) is 0. The zero-order valence-electron chi connectivity index (χ0n) is 12.1. The molecule has 1 rings (SSSR count). The Labute approximate surface area is 106 Å². The van der Waals surface area contributed by atoms with Crippen LogP contribution in [0.3, 0.4) is 0 Å². The summed E-state index contributed by atoms with van der Waals surface area (Å²) in [6.45, 7) is 13.1. The van der Waals surface area contributed by atoms with Crippen LogP contribution >= 0.6 is 0 Å². The van der Waals surface area contributed by atoms with Crippen molar-refractivity contribution in [2.75, 3.05) is 0 Å². The number of rotatable bonds is 5. The van der Waals surface area contributed by atoms with Crippen LogP contribution in [0, 0.1) is 0 Å². The molecule has 0 aromatic heterocycles. The molecule has 1 heteroatoms. The third-order valence-electron chi connectivity index (χ3n) is 3.08. The molecule has 17 heavy (non-hydrogen) atoms. The van der Waals surface area contributed by atoms with Crippen molar-refractivity contribution in [2.24, 2.45) is 0 Å². The lowest BCUT2D eigenvalue weighted by Crippen LogP contribution is -2.09. The molecule has 0 amide bonds. The molecule has 0 bridgehead atoms. The molecule has 0 atom stereocenters. The fourth-order valence-corrected chi connectivity index (χ4v) is 2.15. The molecule has 1 aromatic carbocycles. The van der Waals surface area contributed by atoms with Gasteiger partial charge in [-0.05, 0) is 55.4 Å². The van der Waals surface area contributed by atoms with E-state index in [1.54, 1.807) is 0 Å². The standard InChI is InChI=1S/C16H26O/c1-7-13-9-15(11(3)4)16(17-12(5)6)10-14(13)8-2/h9-12H,7-8H2,1-6H3. The van der Waals surface area contributed by atoms with Crippen LogP contribution < -0.4 is 4.74 Å². The normalized spacial score (nSPS) is 11.3. The smallest absolute Gasteiger partial charge is 0.123 e. The quantitative estimate of drug-likeness (QED) is 0.716. The third-order valence-corrected chi connectivity index (χ3v) is 3.08. The molecule has 1 nitrogen and oxygen atoms in total. The van der Waals surface area contributed by atoms with E-state index in [1.807, 2.05) is 0 Å². The number of benzene rings is 1. The molecule has 0 unspecified atom stereocenters. The maximum absolute atomic E-state index is 5.95. The van der Waals surface area contributed by atoms with E-state index in [1.165, 1.54) is 16.7 Å². The summed E-state index contributed by atoms with van der Waals surface area (Å²) in [6, 6.07) is 4.58. The Kier molecular flexibility index (Phi) is 5.04. The Bertz CT molecular complexity index is 364. The molecule has 0 heterocycles. The van der Waals surface area contributed by atoms with E-state index >= 15 is 0 Å².